The molecule has 2 atom stereocenters. The maximum atomic E-state index is 15.1. The minimum Gasteiger partial charge on any atom is -0.322 e. The third-order valence-corrected chi connectivity index (χ3v) is 6.41. The van der Waals surface area contributed by atoms with E-state index in [-0.39, 0.29) is 6.42 Å². The standard InChI is InChI=1S/C19H19ClFN3O4S/c1-12-6-8-13(9-7-12)24-17(29(26,27)28)23(16(25)18(24,2)3)14-5-4-10-19(20,11-22)15(14)21/h4-9,17H,10H2,1-3H3,(H,26,27,28). The highest BCUT2D eigenvalue weighted by Crippen LogP contribution is 2.44. The summed E-state index contributed by atoms with van der Waals surface area (Å²) in [5, 5.41) is 9.26. The lowest BCUT2D eigenvalue weighted by atomic mass is 9.97. The molecule has 1 N–H and O–H groups in total. The molecule has 1 saturated heterocycles. The van der Waals surface area contributed by atoms with Crippen LogP contribution >= 0.6 is 11.6 Å². The van der Waals surface area contributed by atoms with E-state index in [2.05, 4.69) is 0 Å². The lowest BCUT2D eigenvalue weighted by Crippen LogP contribution is -2.49. The Bertz CT molecular complexity index is 1080. The number of nitriles is 1. The van der Waals surface area contributed by atoms with Crippen LogP contribution < -0.4 is 4.90 Å². The normalized spacial score (nSPS) is 26.8. The molecule has 0 bridgehead atoms. The highest BCUT2D eigenvalue weighted by molar-refractivity contribution is 7.86. The zero-order valence-corrected chi connectivity index (χ0v) is 17.5. The van der Waals surface area contributed by atoms with E-state index in [9.17, 15) is 23.0 Å². The first kappa shape index (κ1) is 21.3. The van der Waals surface area contributed by atoms with Crippen molar-refractivity contribution < 1.29 is 22.2 Å². The van der Waals surface area contributed by atoms with Gasteiger partial charge in [-0.05, 0) is 39.0 Å². The number of benzene rings is 1. The van der Waals surface area contributed by atoms with Gasteiger partial charge in [0.15, 0.2) is 10.7 Å². The van der Waals surface area contributed by atoms with Crippen molar-refractivity contribution in [2.75, 3.05) is 4.90 Å². The maximum absolute atomic E-state index is 15.1. The minimum absolute atomic E-state index is 0.149. The molecule has 0 saturated carbocycles. The van der Waals surface area contributed by atoms with Gasteiger partial charge in [-0.1, -0.05) is 35.4 Å². The second-order valence-electron chi connectivity index (χ2n) is 7.50. The molecule has 154 valence electrons. The summed E-state index contributed by atoms with van der Waals surface area (Å²) in [6.45, 7) is 4.78. The molecular formula is C19H19ClFN3O4S. The van der Waals surface area contributed by atoms with Crippen LogP contribution in [-0.4, -0.2) is 39.7 Å². The summed E-state index contributed by atoms with van der Waals surface area (Å²) >= 11 is 6.03. The van der Waals surface area contributed by atoms with E-state index in [1.807, 2.05) is 6.92 Å². The number of aryl methyl sites for hydroxylation is 1. The molecule has 7 nitrogen and oxygen atoms in total. The van der Waals surface area contributed by atoms with E-state index in [0.29, 0.717) is 10.6 Å². The number of anilines is 1. The van der Waals surface area contributed by atoms with Gasteiger partial charge < -0.3 is 4.90 Å². The summed E-state index contributed by atoms with van der Waals surface area (Å²) in [7, 11) is -4.91. The van der Waals surface area contributed by atoms with Gasteiger partial charge in [-0.3, -0.25) is 14.2 Å². The molecule has 2 unspecified atom stereocenters. The van der Waals surface area contributed by atoms with Crippen LogP contribution in [0.5, 0.6) is 0 Å². The first-order valence-electron chi connectivity index (χ1n) is 8.67. The summed E-state index contributed by atoms with van der Waals surface area (Å²) in [4.78, 5) is 13.0. The second-order valence-corrected chi connectivity index (χ2v) is 9.60. The molecule has 1 aromatic rings. The Morgan fingerprint density at radius 1 is 1.31 bits per heavy atom. The summed E-state index contributed by atoms with van der Waals surface area (Å²) < 4.78 is 49.8. The van der Waals surface area contributed by atoms with Crippen LogP contribution in [0.15, 0.2) is 47.9 Å². The van der Waals surface area contributed by atoms with Crippen molar-refractivity contribution >= 4 is 33.3 Å². The van der Waals surface area contributed by atoms with E-state index in [0.717, 1.165) is 5.56 Å². The lowest BCUT2D eigenvalue weighted by molar-refractivity contribution is -0.129. The molecule has 1 heterocycles. The fraction of sp³-hybridized carbons (Fsp3) is 0.368. The number of allylic oxidation sites excluding steroid dienone is 3. The van der Waals surface area contributed by atoms with Crippen LogP contribution in [0.1, 0.15) is 25.8 Å². The van der Waals surface area contributed by atoms with Gasteiger partial charge in [0.1, 0.15) is 5.54 Å². The summed E-state index contributed by atoms with van der Waals surface area (Å²) in [5.41, 5.74) is -2.60. The fourth-order valence-electron chi connectivity index (χ4n) is 3.52. The van der Waals surface area contributed by atoms with Gasteiger partial charge >= 0.3 is 10.1 Å². The molecule has 2 aliphatic rings. The average Bonchev–Trinajstić information content (AvgIpc) is 2.85. The molecule has 1 aliphatic carbocycles. The number of halogens is 2. The number of hydrogen-bond acceptors (Lipinski definition) is 5. The number of carbonyl (C=O) groups excluding carboxylic acids is 1. The first-order valence-corrected chi connectivity index (χ1v) is 10.6. The number of amides is 1. The Morgan fingerprint density at radius 3 is 2.41 bits per heavy atom. The predicted molar refractivity (Wildman–Crippen MR) is 106 cm³/mol. The Balaban J connectivity index is 2.27. The van der Waals surface area contributed by atoms with Crippen LogP contribution in [0, 0.1) is 18.3 Å². The van der Waals surface area contributed by atoms with Crippen molar-refractivity contribution in [3.8, 4) is 6.07 Å². The van der Waals surface area contributed by atoms with Gasteiger partial charge in [0.25, 0.3) is 5.91 Å². The molecule has 1 aromatic carbocycles. The molecule has 29 heavy (non-hydrogen) atoms. The Hall–Kier alpha value is -2.41. The van der Waals surface area contributed by atoms with Crippen molar-refractivity contribution in [3.05, 3.63) is 53.5 Å². The number of nitrogens with zero attached hydrogens (tertiary/aromatic N) is 3. The first-order chi connectivity index (χ1) is 13.3. The van der Waals surface area contributed by atoms with Gasteiger partial charge in [0.05, 0.1) is 11.8 Å². The van der Waals surface area contributed by atoms with Gasteiger partial charge in [-0.15, -0.1) is 0 Å². The molecule has 0 spiro atoms. The molecule has 1 amide bonds. The third kappa shape index (κ3) is 3.31. The number of hydrogen-bond donors (Lipinski definition) is 1. The van der Waals surface area contributed by atoms with E-state index in [4.69, 9.17) is 11.6 Å². The van der Waals surface area contributed by atoms with Crippen molar-refractivity contribution in [1.82, 2.24) is 4.90 Å². The van der Waals surface area contributed by atoms with Crippen LogP contribution in [0.2, 0.25) is 0 Å². The SMILES string of the molecule is Cc1ccc(N2C(S(=O)(=O)O)N(C3=C(F)C(Cl)(C#N)CC=C3)C(=O)C2(C)C)cc1. The number of alkyl halides is 1. The maximum Gasteiger partial charge on any atom is 0.306 e. The zero-order valence-electron chi connectivity index (χ0n) is 15.9. The van der Waals surface area contributed by atoms with Gasteiger partial charge in [0, 0.05) is 12.1 Å². The third-order valence-electron chi connectivity index (χ3n) is 5.05. The Kier molecular flexibility index (Phi) is 5.02. The van der Waals surface area contributed by atoms with Gasteiger partial charge in [-0.2, -0.15) is 13.7 Å². The number of rotatable bonds is 3. The topological polar surface area (TPSA) is 102 Å². The van der Waals surface area contributed by atoms with Crippen molar-refractivity contribution in [3.63, 3.8) is 0 Å². The Labute approximate surface area is 173 Å². The minimum atomic E-state index is -4.91. The summed E-state index contributed by atoms with van der Waals surface area (Å²) in [6, 6.07) is 8.29. The predicted octanol–water partition coefficient (Wildman–Crippen LogP) is 3.24. The number of carbonyl (C=O) groups is 1. The van der Waals surface area contributed by atoms with E-state index in [1.54, 1.807) is 30.3 Å². The largest absolute Gasteiger partial charge is 0.322 e. The van der Waals surface area contributed by atoms with Crippen molar-refractivity contribution in [2.45, 2.75) is 43.1 Å². The monoisotopic (exact) mass is 439 g/mol. The van der Waals surface area contributed by atoms with E-state index < -0.39 is 43.5 Å². The van der Waals surface area contributed by atoms with E-state index in [1.165, 1.54) is 30.9 Å². The van der Waals surface area contributed by atoms with Crippen LogP contribution in [0.25, 0.3) is 0 Å². The lowest BCUT2D eigenvalue weighted by Gasteiger charge is -2.34. The second kappa shape index (κ2) is 6.83. The quantitative estimate of drug-likeness (QED) is 0.573. The van der Waals surface area contributed by atoms with E-state index >= 15 is 4.39 Å². The van der Waals surface area contributed by atoms with Crippen molar-refractivity contribution in [2.24, 2.45) is 0 Å². The summed E-state index contributed by atoms with van der Waals surface area (Å²) in [6.07, 6.45) is 2.42. The highest BCUT2D eigenvalue weighted by atomic mass is 35.5. The molecule has 3 rings (SSSR count). The van der Waals surface area contributed by atoms with Gasteiger partial charge in [0.2, 0.25) is 5.50 Å². The molecule has 1 aliphatic heterocycles. The van der Waals surface area contributed by atoms with Crippen molar-refractivity contribution in [1.29, 1.82) is 5.26 Å². The molecule has 1 fully saturated rings. The molecule has 10 heteroatoms. The molecular weight excluding hydrogens is 421 g/mol. The average molecular weight is 440 g/mol. The smallest absolute Gasteiger partial charge is 0.306 e. The van der Waals surface area contributed by atoms with Gasteiger partial charge in [-0.25, -0.2) is 4.39 Å². The fourth-order valence-corrected chi connectivity index (χ4v) is 4.83. The van der Waals surface area contributed by atoms with Crippen LogP contribution in [0.3, 0.4) is 0 Å². The highest BCUT2D eigenvalue weighted by Gasteiger charge is 2.59. The molecule has 0 aromatic heterocycles. The molecule has 0 radical (unpaired) electrons. The zero-order chi connectivity index (χ0) is 21.8. The Morgan fingerprint density at radius 2 is 1.90 bits per heavy atom. The van der Waals surface area contributed by atoms with Crippen LogP contribution in [0.4, 0.5) is 10.1 Å². The van der Waals surface area contributed by atoms with Crippen LogP contribution in [-0.2, 0) is 14.9 Å². The summed E-state index contributed by atoms with van der Waals surface area (Å²) in [5.74, 6) is -1.91.